The molecule has 0 fully saturated rings. The quantitative estimate of drug-likeness (QED) is 0.181. The van der Waals surface area contributed by atoms with Crippen LogP contribution in [0.15, 0.2) is 168 Å². The van der Waals surface area contributed by atoms with Gasteiger partial charge in [-0.05, 0) is 52.1 Å². The van der Waals surface area contributed by atoms with E-state index in [2.05, 4.69) is 162 Å². The highest BCUT2D eigenvalue weighted by molar-refractivity contribution is 6.20. The standard InChI is InChI=1S/C46H27N3O/c1-2-13-30(14-3-1)43-37-24-21-29-12-5-7-16-33(29)44(37)48-46(47-43)49-39-20-9-8-17-35(39)36-19-10-18-34(45(36)49)31-23-25-40-38(27-31)42-32-15-6-4-11-28(32)22-26-41(42)50-40/h1-27H. The van der Waals surface area contributed by atoms with Gasteiger partial charge in [-0.3, -0.25) is 4.57 Å². The van der Waals surface area contributed by atoms with E-state index in [1.165, 1.54) is 10.8 Å². The van der Waals surface area contributed by atoms with Crippen LogP contribution < -0.4 is 0 Å². The molecule has 3 aromatic heterocycles. The average molecular weight is 638 g/mol. The summed E-state index contributed by atoms with van der Waals surface area (Å²) >= 11 is 0. The van der Waals surface area contributed by atoms with Crippen LogP contribution in [0.2, 0.25) is 0 Å². The molecule has 0 spiro atoms. The zero-order valence-corrected chi connectivity index (χ0v) is 26.8. The van der Waals surface area contributed by atoms with Crippen molar-refractivity contribution in [3.8, 4) is 28.3 Å². The molecule has 3 heterocycles. The number of hydrogen-bond donors (Lipinski definition) is 0. The van der Waals surface area contributed by atoms with Crippen LogP contribution >= 0.6 is 0 Å². The monoisotopic (exact) mass is 637 g/mol. The zero-order chi connectivity index (χ0) is 32.8. The highest BCUT2D eigenvalue weighted by atomic mass is 16.3. The third-order valence-corrected chi connectivity index (χ3v) is 10.2. The minimum atomic E-state index is 0.646. The molecule has 232 valence electrons. The molecule has 11 rings (SSSR count). The molecule has 4 heteroatoms. The molecule has 0 amide bonds. The van der Waals surface area contributed by atoms with Crippen LogP contribution in [0.5, 0.6) is 0 Å². The van der Waals surface area contributed by atoms with Crippen molar-refractivity contribution in [1.82, 2.24) is 14.5 Å². The topological polar surface area (TPSA) is 43.9 Å². The van der Waals surface area contributed by atoms with Crippen molar-refractivity contribution >= 4 is 76.2 Å². The molecule has 0 radical (unpaired) electrons. The van der Waals surface area contributed by atoms with E-state index in [1.54, 1.807) is 0 Å². The number of hydrogen-bond acceptors (Lipinski definition) is 3. The van der Waals surface area contributed by atoms with Crippen LogP contribution in [-0.4, -0.2) is 14.5 Å². The lowest BCUT2D eigenvalue weighted by molar-refractivity contribution is 0.669. The van der Waals surface area contributed by atoms with Crippen LogP contribution in [0.3, 0.4) is 0 Å². The van der Waals surface area contributed by atoms with Crippen molar-refractivity contribution in [1.29, 1.82) is 0 Å². The molecular weight excluding hydrogens is 611 g/mol. The molecule has 0 aliphatic rings. The fourth-order valence-electron chi connectivity index (χ4n) is 7.94. The Bertz CT molecular complexity index is 3150. The number of furan rings is 1. The lowest BCUT2D eigenvalue weighted by Crippen LogP contribution is -2.04. The van der Waals surface area contributed by atoms with Gasteiger partial charge in [-0.1, -0.05) is 133 Å². The SMILES string of the molecule is c1ccc(-c2nc(-n3c4ccccc4c4cccc(-c5ccc6oc7ccc8ccccc8c7c6c5)c43)nc3c2ccc2ccccc23)cc1. The maximum Gasteiger partial charge on any atom is 0.235 e. The van der Waals surface area contributed by atoms with Gasteiger partial charge in [-0.15, -0.1) is 0 Å². The van der Waals surface area contributed by atoms with E-state index in [4.69, 9.17) is 14.4 Å². The highest BCUT2D eigenvalue weighted by Gasteiger charge is 2.21. The first-order valence-corrected chi connectivity index (χ1v) is 16.9. The summed E-state index contributed by atoms with van der Waals surface area (Å²) in [6, 6.07) is 57.7. The van der Waals surface area contributed by atoms with Gasteiger partial charge in [0.25, 0.3) is 0 Å². The van der Waals surface area contributed by atoms with E-state index >= 15 is 0 Å². The lowest BCUT2D eigenvalue weighted by Gasteiger charge is -2.14. The first kappa shape index (κ1) is 27.2. The van der Waals surface area contributed by atoms with Gasteiger partial charge in [0, 0.05) is 43.4 Å². The summed E-state index contributed by atoms with van der Waals surface area (Å²) in [5.74, 6) is 0.646. The molecule has 0 N–H and O–H groups in total. The Labute approximate surface area is 286 Å². The third-order valence-electron chi connectivity index (χ3n) is 10.2. The molecule has 4 nitrogen and oxygen atoms in total. The predicted molar refractivity (Wildman–Crippen MR) is 207 cm³/mol. The van der Waals surface area contributed by atoms with E-state index in [0.29, 0.717) is 5.95 Å². The van der Waals surface area contributed by atoms with E-state index in [1.807, 2.05) is 6.07 Å². The van der Waals surface area contributed by atoms with Crippen molar-refractivity contribution in [3.63, 3.8) is 0 Å². The largest absolute Gasteiger partial charge is 0.456 e. The second-order valence-corrected chi connectivity index (χ2v) is 12.9. The van der Waals surface area contributed by atoms with Crippen LogP contribution in [0.1, 0.15) is 0 Å². The Morgan fingerprint density at radius 2 is 1.14 bits per heavy atom. The first-order chi connectivity index (χ1) is 24.8. The van der Waals surface area contributed by atoms with E-state index in [9.17, 15) is 0 Å². The van der Waals surface area contributed by atoms with Gasteiger partial charge in [0.05, 0.1) is 22.2 Å². The summed E-state index contributed by atoms with van der Waals surface area (Å²) in [5.41, 5.74) is 9.04. The Balaban J connectivity index is 1.26. The number of fused-ring (bicyclic) bond motifs is 11. The van der Waals surface area contributed by atoms with Gasteiger partial charge in [0.2, 0.25) is 5.95 Å². The molecule has 0 unspecified atom stereocenters. The number of para-hydroxylation sites is 2. The van der Waals surface area contributed by atoms with E-state index in [-0.39, 0.29) is 0 Å². The Morgan fingerprint density at radius 3 is 2.02 bits per heavy atom. The second kappa shape index (κ2) is 10.4. The summed E-state index contributed by atoms with van der Waals surface area (Å²) < 4.78 is 8.65. The van der Waals surface area contributed by atoms with Crippen LogP contribution in [0.25, 0.3) is 105 Å². The summed E-state index contributed by atoms with van der Waals surface area (Å²) in [5, 5.41) is 10.2. The molecule has 50 heavy (non-hydrogen) atoms. The molecular formula is C46H27N3O. The summed E-state index contributed by atoms with van der Waals surface area (Å²) in [6.07, 6.45) is 0. The van der Waals surface area contributed by atoms with Crippen LogP contribution in [0.4, 0.5) is 0 Å². The molecule has 0 saturated carbocycles. The van der Waals surface area contributed by atoms with E-state index < -0.39 is 0 Å². The third kappa shape index (κ3) is 3.87. The Hall–Kier alpha value is -6.78. The lowest BCUT2D eigenvalue weighted by atomic mass is 9.98. The highest BCUT2D eigenvalue weighted by Crippen LogP contribution is 2.42. The van der Waals surface area contributed by atoms with Crippen molar-refractivity contribution in [2.24, 2.45) is 0 Å². The summed E-state index contributed by atoms with van der Waals surface area (Å²) in [7, 11) is 0. The number of rotatable bonds is 3. The van der Waals surface area contributed by atoms with Gasteiger partial charge in [0.15, 0.2) is 0 Å². The minimum absolute atomic E-state index is 0.646. The number of aromatic nitrogens is 3. The number of benzene rings is 8. The van der Waals surface area contributed by atoms with Gasteiger partial charge >= 0.3 is 0 Å². The maximum atomic E-state index is 6.39. The molecule has 11 aromatic rings. The Kier molecular flexibility index (Phi) is 5.63. The van der Waals surface area contributed by atoms with Crippen molar-refractivity contribution in [2.75, 3.05) is 0 Å². The van der Waals surface area contributed by atoms with Crippen LogP contribution in [-0.2, 0) is 0 Å². The van der Waals surface area contributed by atoms with Gasteiger partial charge in [0.1, 0.15) is 11.2 Å². The van der Waals surface area contributed by atoms with Crippen molar-refractivity contribution < 1.29 is 4.42 Å². The zero-order valence-electron chi connectivity index (χ0n) is 26.8. The molecule has 8 aromatic carbocycles. The maximum absolute atomic E-state index is 6.39. The van der Waals surface area contributed by atoms with Gasteiger partial charge < -0.3 is 4.42 Å². The average Bonchev–Trinajstić information content (AvgIpc) is 3.73. The molecule has 0 aliphatic carbocycles. The summed E-state index contributed by atoms with van der Waals surface area (Å²) in [6.45, 7) is 0. The van der Waals surface area contributed by atoms with Gasteiger partial charge in [-0.25, -0.2) is 9.97 Å². The molecule has 0 aliphatic heterocycles. The van der Waals surface area contributed by atoms with Crippen LogP contribution in [0, 0.1) is 0 Å². The fraction of sp³-hybridized carbons (Fsp3) is 0. The molecule has 0 saturated heterocycles. The fourth-order valence-corrected chi connectivity index (χ4v) is 7.94. The van der Waals surface area contributed by atoms with Gasteiger partial charge in [-0.2, -0.15) is 0 Å². The van der Waals surface area contributed by atoms with Crippen molar-refractivity contribution in [3.05, 3.63) is 164 Å². The normalized spacial score (nSPS) is 12.0. The summed E-state index contributed by atoms with van der Waals surface area (Å²) in [4.78, 5) is 10.8. The molecule has 0 atom stereocenters. The van der Waals surface area contributed by atoms with Crippen molar-refractivity contribution in [2.45, 2.75) is 0 Å². The van der Waals surface area contributed by atoms with E-state index in [0.717, 1.165) is 87.8 Å². The minimum Gasteiger partial charge on any atom is -0.456 e. The second-order valence-electron chi connectivity index (χ2n) is 12.9. The Morgan fingerprint density at radius 1 is 0.440 bits per heavy atom. The number of nitrogens with zero attached hydrogens (tertiary/aromatic N) is 3. The molecule has 0 bridgehead atoms. The first-order valence-electron chi connectivity index (χ1n) is 16.9. The predicted octanol–water partition coefficient (Wildman–Crippen LogP) is 12.3. The smallest absolute Gasteiger partial charge is 0.235 e.